The molecule has 1 atom stereocenters. The average molecular weight is 1020 g/mol. The predicted octanol–water partition coefficient (Wildman–Crippen LogP) is 21.1. The molecule has 0 saturated carbocycles. The SMILES string of the molecule is CCCCC/C=C\C/C=C\C/C=C\C/C=C\CCCCCC(=O)OC[C@@H](COC(=O)CCCCCCCCC/C=C\C/C=C\CCCCC)OC(=O)CCCCCCCCCCC/C=C\CCCCCCCC. The zero-order chi connectivity index (χ0) is 52.9. The van der Waals surface area contributed by atoms with Crippen molar-refractivity contribution >= 4 is 17.9 Å². The molecule has 0 bridgehead atoms. The molecular formula is C67H116O6. The number of carbonyl (C=O) groups excluding carboxylic acids is 3. The first-order valence-electron chi connectivity index (χ1n) is 31.1. The van der Waals surface area contributed by atoms with E-state index in [0.717, 1.165) is 96.3 Å². The summed E-state index contributed by atoms with van der Waals surface area (Å²) in [5.74, 6) is -0.922. The van der Waals surface area contributed by atoms with Gasteiger partial charge in [-0.25, -0.2) is 0 Å². The Labute approximate surface area is 452 Å². The highest BCUT2D eigenvalue weighted by Crippen LogP contribution is 2.15. The summed E-state index contributed by atoms with van der Waals surface area (Å²) in [5.41, 5.74) is 0. The minimum absolute atomic E-state index is 0.0912. The highest BCUT2D eigenvalue weighted by atomic mass is 16.6. The monoisotopic (exact) mass is 1020 g/mol. The first kappa shape index (κ1) is 69.6. The van der Waals surface area contributed by atoms with Gasteiger partial charge in [-0.15, -0.1) is 0 Å². The lowest BCUT2D eigenvalue weighted by atomic mass is 10.1. The summed E-state index contributed by atoms with van der Waals surface area (Å²) in [6, 6.07) is 0. The molecule has 0 aromatic heterocycles. The van der Waals surface area contributed by atoms with E-state index in [1.807, 2.05) is 0 Å². The smallest absolute Gasteiger partial charge is 0.306 e. The van der Waals surface area contributed by atoms with Crippen LogP contribution in [0.2, 0.25) is 0 Å². The Bertz CT molecular complexity index is 1400. The zero-order valence-electron chi connectivity index (χ0n) is 48.1. The van der Waals surface area contributed by atoms with Crippen molar-refractivity contribution in [2.75, 3.05) is 13.2 Å². The van der Waals surface area contributed by atoms with Crippen LogP contribution in [0.25, 0.3) is 0 Å². The number of unbranched alkanes of at least 4 members (excludes halogenated alkanes) is 31. The van der Waals surface area contributed by atoms with Crippen molar-refractivity contribution in [2.24, 2.45) is 0 Å². The van der Waals surface area contributed by atoms with E-state index in [0.29, 0.717) is 19.3 Å². The molecule has 0 spiro atoms. The standard InChI is InChI=1S/C67H116O6/c1-4-7-10-13-16-19-22-25-28-31-33-36-39-42-45-48-51-54-57-60-66(69)72-63-64(62-71-65(68)59-56-53-50-47-44-41-38-35-30-27-24-21-18-15-12-9-6-3)73-67(70)61-58-55-52-49-46-43-40-37-34-32-29-26-23-20-17-14-11-8-5-2/h16,18-19,21,25-30,33,36,42,45,64H,4-15,17,20,22-24,31-32,34-35,37-41,43-44,46-63H2,1-3H3/b19-16-,21-18-,28-25-,29-26-,30-27-,36-33-,45-42-/t64-/m1/s1. The van der Waals surface area contributed by atoms with E-state index < -0.39 is 6.10 Å². The summed E-state index contributed by atoms with van der Waals surface area (Å²) < 4.78 is 16.9. The fourth-order valence-corrected chi connectivity index (χ4v) is 8.63. The molecule has 0 N–H and O–H groups in total. The van der Waals surface area contributed by atoms with Crippen molar-refractivity contribution in [1.29, 1.82) is 0 Å². The molecule has 0 aromatic carbocycles. The maximum absolute atomic E-state index is 12.9. The van der Waals surface area contributed by atoms with Gasteiger partial charge < -0.3 is 14.2 Å². The van der Waals surface area contributed by atoms with Crippen LogP contribution >= 0.6 is 0 Å². The fourth-order valence-electron chi connectivity index (χ4n) is 8.63. The van der Waals surface area contributed by atoms with Crippen molar-refractivity contribution in [3.05, 3.63) is 85.1 Å². The molecular weight excluding hydrogens is 901 g/mol. The molecule has 0 aromatic rings. The van der Waals surface area contributed by atoms with Gasteiger partial charge in [0.15, 0.2) is 6.10 Å². The Hall–Kier alpha value is -3.41. The van der Waals surface area contributed by atoms with E-state index in [1.54, 1.807) is 0 Å². The van der Waals surface area contributed by atoms with Crippen LogP contribution in [0.15, 0.2) is 85.1 Å². The minimum Gasteiger partial charge on any atom is -0.462 e. The number of hydrogen-bond acceptors (Lipinski definition) is 6. The topological polar surface area (TPSA) is 78.9 Å². The van der Waals surface area contributed by atoms with Gasteiger partial charge >= 0.3 is 17.9 Å². The quantitative estimate of drug-likeness (QED) is 0.0261. The highest BCUT2D eigenvalue weighted by molar-refractivity contribution is 5.71. The third-order valence-electron chi connectivity index (χ3n) is 13.3. The minimum atomic E-state index is -0.796. The van der Waals surface area contributed by atoms with Gasteiger partial charge in [0, 0.05) is 19.3 Å². The van der Waals surface area contributed by atoms with Gasteiger partial charge in [0.1, 0.15) is 13.2 Å². The summed E-state index contributed by atoms with van der Waals surface area (Å²) >= 11 is 0. The lowest BCUT2D eigenvalue weighted by Crippen LogP contribution is -2.30. The van der Waals surface area contributed by atoms with E-state index in [9.17, 15) is 14.4 Å². The number of carbonyl (C=O) groups is 3. The number of esters is 3. The molecule has 6 nitrogen and oxygen atoms in total. The molecule has 0 rings (SSSR count). The van der Waals surface area contributed by atoms with E-state index in [1.165, 1.54) is 167 Å². The summed E-state index contributed by atoms with van der Waals surface area (Å²) in [7, 11) is 0. The van der Waals surface area contributed by atoms with Gasteiger partial charge in [0.2, 0.25) is 0 Å². The van der Waals surface area contributed by atoms with Gasteiger partial charge in [0.05, 0.1) is 0 Å². The molecule has 0 heterocycles. The van der Waals surface area contributed by atoms with Crippen molar-refractivity contribution in [1.82, 2.24) is 0 Å². The predicted molar refractivity (Wildman–Crippen MR) is 316 cm³/mol. The second-order valence-electron chi connectivity index (χ2n) is 20.6. The second kappa shape index (κ2) is 61.1. The molecule has 0 aliphatic rings. The van der Waals surface area contributed by atoms with Crippen LogP contribution in [0.1, 0.15) is 303 Å². The number of hydrogen-bond donors (Lipinski definition) is 0. The molecule has 73 heavy (non-hydrogen) atoms. The normalized spacial score (nSPS) is 12.6. The summed E-state index contributed by atoms with van der Waals surface area (Å²) in [6.45, 7) is 6.57. The number of ether oxygens (including phenoxy) is 3. The van der Waals surface area contributed by atoms with Crippen molar-refractivity contribution < 1.29 is 28.6 Å². The van der Waals surface area contributed by atoms with Crippen LogP contribution in [0.4, 0.5) is 0 Å². The van der Waals surface area contributed by atoms with E-state index in [2.05, 4.69) is 106 Å². The largest absolute Gasteiger partial charge is 0.462 e. The summed E-state index contributed by atoms with van der Waals surface area (Å²) in [5, 5.41) is 0. The van der Waals surface area contributed by atoms with Crippen molar-refractivity contribution in [3.63, 3.8) is 0 Å². The fraction of sp³-hybridized carbons (Fsp3) is 0.746. The lowest BCUT2D eigenvalue weighted by Gasteiger charge is -2.18. The van der Waals surface area contributed by atoms with Gasteiger partial charge in [-0.2, -0.15) is 0 Å². The van der Waals surface area contributed by atoms with Gasteiger partial charge in [-0.3, -0.25) is 14.4 Å². The van der Waals surface area contributed by atoms with Crippen LogP contribution in [-0.4, -0.2) is 37.2 Å². The maximum atomic E-state index is 12.9. The molecule has 0 amide bonds. The highest BCUT2D eigenvalue weighted by Gasteiger charge is 2.19. The van der Waals surface area contributed by atoms with E-state index in [-0.39, 0.29) is 31.1 Å². The molecule has 0 aliphatic heterocycles. The van der Waals surface area contributed by atoms with Crippen molar-refractivity contribution in [2.45, 2.75) is 309 Å². The molecule has 0 fully saturated rings. The molecule has 0 aliphatic carbocycles. The van der Waals surface area contributed by atoms with Gasteiger partial charge in [-0.05, 0) is 122 Å². The lowest BCUT2D eigenvalue weighted by molar-refractivity contribution is -0.167. The number of rotatable bonds is 56. The molecule has 0 saturated heterocycles. The zero-order valence-corrected chi connectivity index (χ0v) is 48.1. The Balaban J connectivity index is 4.45. The Morgan fingerprint density at radius 3 is 0.822 bits per heavy atom. The first-order chi connectivity index (χ1) is 36.0. The summed E-state index contributed by atoms with van der Waals surface area (Å²) in [4.78, 5) is 38.3. The van der Waals surface area contributed by atoms with Crippen LogP contribution in [0.3, 0.4) is 0 Å². The molecule has 6 heteroatoms. The Morgan fingerprint density at radius 2 is 0.493 bits per heavy atom. The van der Waals surface area contributed by atoms with Crippen LogP contribution < -0.4 is 0 Å². The molecule has 420 valence electrons. The molecule has 0 unspecified atom stereocenters. The molecule has 0 radical (unpaired) electrons. The van der Waals surface area contributed by atoms with Gasteiger partial charge in [-0.1, -0.05) is 247 Å². The Kier molecular flexibility index (Phi) is 58.3. The maximum Gasteiger partial charge on any atom is 0.306 e. The Morgan fingerprint density at radius 1 is 0.274 bits per heavy atom. The summed E-state index contributed by atoms with van der Waals surface area (Å²) in [6.07, 6.45) is 80.0. The number of allylic oxidation sites excluding steroid dienone is 14. The third kappa shape index (κ3) is 59.3. The van der Waals surface area contributed by atoms with Gasteiger partial charge in [0.25, 0.3) is 0 Å². The van der Waals surface area contributed by atoms with Crippen LogP contribution in [-0.2, 0) is 28.6 Å². The van der Waals surface area contributed by atoms with Crippen molar-refractivity contribution in [3.8, 4) is 0 Å². The average Bonchev–Trinajstić information content (AvgIpc) is 3.39. The first-order valence-corrected chi connectivity index (χ1v) is 31.1. The van der Waals surface area contributed by atoms with Crippen LogP contribution in [0.5, 0.6) is 0 Å². The van der Waals surface area contributed by atoms with Crippen LogP contribution in [0, 0.1) is 0 Å². The van der Waals surface area contributed by atoms with E-state index >= 15 is 0 Å². The third-order valence-corrected chi connectivity index (χ3v) is 13.3. The second-order valence-corrected chi connectivity index (χ2v) is 20.6. The van der Waals surface area contributed by atoms with E-state index in [4.69, 9.17) is 14.2 Å².